The number of nitrogens with one attached hydrogen (secondary N) is 1. The number of nitriles is 1. The third-order valence-corrected chi connectivity index (χ3v) is 2.50. The number of rotatable bonds is 3. The molecule has 0 saturated heterocycles. The molecule has 1 aromatic rings. The molecule has 0 aliphatic heterocycles. The molecule has 0 aliphatic rings. The molecule has 0 aliphatic carbocycles. The van der Waals surface area contributed by atoms with Crippen molar-refractivity contribution in [1.29, 1.82) is 5.26 Å². The van der Waals surface area contributed by atoms with Crippen molar-refractivity contribution in [1.82, 2.24) is 5.43 Å². The van der Waals surface area contributed by atoms with Gasteiger partial charge in [-0.15, -0.1) is 11.8 Å². The molecule has 1 rings (SSSR count). The van der Waals surface area contributed by atoms with Gasteiger partial charge in [0.1, 0.15) is 0 Å². The van der Waals surface area contributed by atoms with Crippen LogP contribution in [0.1, 0.15) is 10.4 Å². The molecule has 14 heavy (non-hydrogen) atoms. The number of hydrazine groups is 1. The Morgan fingerprint density at radius 1 is 1.57 bits per heavy atom. The molecule has 0 fully saturated rings. The minimum absolute atomic E-state index is 0.314. The van der Waals surface area contributed by atoms with Crippen LogP contribution in [0.25, 0.3) is 0 Å². The first-order valence-corrected chi connectivity index (χ1v) is 4.88. The van der Waals surface area contributed by atoms with E-state index >= 15 is 0 Å². The van der Waals surface area contributed by atoms with Crippen molar-refractivity contribution in [2.45, 2.75) is 4.90 Å². The van der Waals surface area contributed by atoms with E-state index in [0.29, 0.717) is 11.3 Å². The lowest BCUT2D eigenvalue weighted by Crippen LogP contribution is -2.30. The van der Waals surface area contributed by atoms with Gasteiger partial charge < -0.3 is 0 Å². The van der Waals surface area contributed by atoms with Crippen LogP contribution in [0, 0.1) is 11.3 Å². The maximum atomic E-state index is 11.3. The monoisotopic (exact) mass is 207 g/mol. The highest BCUT2D eigenvalue weighted by Crippen LogP contribution is 2.21. The number of carbonyl (C=O) groups is 1. The number of nitrogen functional groups attached to an aromatic ring is 1. The van der Waals surface area contributed by atoms with E-state index in [2.05, 4.69) is 5.43 Å². The maximum Gasteiger partial charge on any atom is 0.266 e. The fraction of sp³-hybridized carbons (Fsp3) is 0.111. The quantitative estimate of drug-likeness (QED) is 0.334. The van der Waals surface area contributed by atoms with E-state index in [4.69, 9.17) is 11.1 Å². The van der Waals surface area contributed by atoms with Gasteiger partial charge in [0.25, 0.3) is 5.91 Å². The van der Waals surface area contributed by atoms with Crippen LogP contribution in [-0.2, 0) is 0 Å². The molecule has 0 saturated carbocycles. The van der Waals surface area contributed by atoms with Crippen LogP contribution in [0.4, 0.5) is 0 Å². The molecule has 72 valence electrons. The average molecular weight is 207 g/mol. The molecule has 5 heteroatoms. The number of thioether (sulfide) groups is 1. The van der Waals surface area contributed by atoms with Crippen LogP contribution < -0.4 is 11.3 Å². The zero-order valence-corrected chi connectivity index (χ0v) is 8.17. The van der Waals surface area contributed by atoms with Gasteiger partial charge in [-0.3, -0.25) is 10.2 Å². The summed E-state index contributed by atoms with van der Waals surface area (Å²) in [6.45, 7) is 0. The number of hydrogen-bond donors (Lipinski definition) is 2. The largest absolute Gasteiger partial charge is 0.290 e. The van der Waals surface area contributed by atoms with Gasteiger partial charge >= 0.3 is 0 Å². The van der Waals surface area contributed by atoms with Crippen molar-refractivity contribution in [2.24, 2.45) is 5.84 Å². The summed E-state index contributed by atoms with van der Waals surface area (Å²) in [6.07, 6.45) is 0. The van der Waals surface area contributed by atoms with Gasteiger partial charge in [-0.2, -0.15) is 5.26 Å². The van der Waals surface area contributed by atoms with E-state index in [1.165, 1.54) is 11.8 Å². The highest BCUT2D eigenvalue weighted by molar-refractivity contribution is 7.99. The highest BCUT2D eigenvalue weighted by atomic mass is 32.2. The third kappa shape index (κ3) is 2.49. The standard InChI is InChI=1S/C9H9N3OS/c10-5-6-14-8-4-2-1-3-7(8)9(13)12-11/h1-4H,6,11H2,(H,12,13). The summed E-state index contributed by atoms with van der Waals surface area (Å²) in [5.74, 6) is 5.00. The summed E-state index contributed by atoms with van der Waals surface area (Å²) >= 11 is 1.31. The van der Waals surface area contributed by atoms with E-state index in [0.717, 1.165) is 4.90 Å². The zero-order chi connectivity index (χ0) is 10.4. The van der Waals surface area contributed by atoms with E-state index < -0.39 is 0 Å². The molecule has 0 bridgehead atoms. The molecule has 1 amide bonds. The first-order chi connectivity index (χ1) is 6.79. The summed E-state index contributed by atoms with van der Waals surface area (Å²) in [6, 6.07) is 9.02. The summed E-state index contributed by atoms with van der Waals surface area (Å²) in [5.41, 5.74) is 2.56. The van der Waals surface area contributed by atoms with Crippen molar-refractivity contribution in [2.75, 3.05) is 5.75 Å². The smallest absolute Gasteiger partial charge is 0.266 e. The Balaban J connectivity index is 2.92. The topological polar surface area (TPSA) is 78.9 Å². The third-order valence-electron chi connectivity index (χ3n) is 1.56. The van der Waals surface area contributed by atoms with Crippen LogP contribution in [0.2, 0.25) is 0 Å². The Labute approximate surface area is 86.1 Å². The van der Waals surface area contributed by atoms with Gasteiger partial charge in [0.2, 0.25) is 0 Å². The molecule has 0 heterocycles. The minimum Gasteiger partial charge on any atom is -0.290 e. The Bertz CT molecular complexity index is 373. The summed E-state index contributed by atoms with van der Waals surface area (Å²) < 4.78 is 0. The maximum absolute atomic E-state index is 11.3. The second kappa shape index (κ2) is 5.27. The van der Waals surface area contributed by atoms with Gasteiger partial charge in [-0.1, -0.05) is 12.1 Å². The minimum atomic E-state index is -0.342. The van der Waals surface area contributed by atoms with Crippen LogP contribution in [0.3, 0.4) is 0 Å². The van der Waals surface area contributed by atoms with Gasteiger partial charge in [0.15, 0.2) is 0 Å². The Morgan fingerprint density at radius 2 is 2.29 bits per heavy atom. The van der Waals surface area contributed by atoms with E-state index in [9.17, 15) is 4.79 Å². The molecular weight excluding hydrogens is 198 g/mol. The first-order valence-electron chi connectivity index (χ1n) is 3.89. The summed E-state index contributed by atoms with van der Waals surface area (Å²) in [7, 11) is 0. The summed E-state index contributed by atoms with van der Waals surface area (Å²) in [5, 5.41) is 8.42. The van der Waals surface area contributed by atoms with Gasteiger partial charge in [-0.05, 0) is 12.1 Å². The van der Waals surface area contributed by atoms with Crippen molar-refractivity contribution in [3.05, 3.63) is 29.8 Å². The lowest BCUT2D eigenvalue weighted by atomic mass is 10.2. The van der Waals surface area contributed by atoms with Crippen molar-refractivity contribution in [3.8, 4) is 6.07 Å². The lowest BCUT2D eigenvalue weighted by Gasteiger charge is -2.04. The SMILES string of the molecule is N#CCSc1ccccc1C(=O)NN. The van der Waals surface area contributed by atoms with Crippen molar-refractivity contribution in [3.63, 3.8) is 0 Å². The molecule has 1 aromatic carbocycles. The fourth-order valence-corrected chi connectivity index (χ4v) is 1.68. The molecular formula is C9H9N3OS. The second-order valence-corrected chi connectivity index (χ2v) is 3.43. The zero-order valence-electron chi connectivity index (χ0n) is 7.36. The number of amides is 1. The number of nitrogens with zero attached hydrogens (tertiary/aromatic N) is 1. The lowest BCUT2D eigenvalue weighted by molar-refractivity contribution is 0.0951. The molecule has 0 aromatic heterocycles. The molecule has 3 N–H and O–H groups in total. The highest BCUT2D eigenvalue weighted by Gasteiger charge is 2.08. The van der Waals surface area contributed by atoms with Gasteiger partial charge in [0.05, 0.1) is 17.4 Å². The predicted molar refractivity (Wildman–Crippen MR) is 54.4 cm³/mol. The number of nitrogens with two attached hydrogens (primary N) is 1. The van der Waals surface area contributed by atoms with Gasteiger partial charge in [0, 0.05) is 4.90 Å². The Kier molecular flexibility index (Phi) is 3.98. The van der Waals surface area contributed by atoms with Crippen LogP contribution in [-0.4, -0.2) is 11.7 Å². The average Bonchev–Trinajstić information content (AvgIpc) is 2.25. The van der Waals surface area contributed by atoms with E-state index in [-0.39, 0.29) is 5.91 Å². The Hall–Kier alpha value is -1.51. The predicted octanol–water partition coefficient (Wildman–Crippen LogP) is 0.906. The number of hydrogen-bond acceptors (Lipinski definition) is 4. The van der Waals surface area contributed by atoms with Crippen molar-refractivity contribution < 1.29 is 4.79 Å². The number of benzene rings is 1. The first kappa shape index (κ1) is 10.6. The van der Waals surface area contributed by atoms with Crippen LogP contribution in [0.5, 0.6) is 0 Å². The molecule has 0 unspecified atom stereocenters. The fourth-order valence-electron chi connectivity index (χ4n) is 0.968. The molecule has 4 nitrogen and oxygen atoms in total. The van der Waals surface area contributed by atoms with E-state index in [1.807, 2.05) is 12.1 Å². The molecule has 0 spiro atoms. The summed E-state index contributed by atoms with van der Waals surface area (Å²) in [4.78, 5) is 12.0. The van der Waals surface area contributed by atoms with Crippen LogP contribution in [0.15, 0.2) is 29.2 Å². The second-order valence-electron chi connectivity index (χ2n) is 2.42. The normalized spacial score (nSPS) is 9.14. The molecule has 0 radical (unpaired) electrons. The Morgan fingerprint density at radius 3 is 2.93 bits per heavy atom. The van der Waals surface area contributed by atoms with E-state index in [1.54, 1.807) is 18.2 Å². The molecule has 0 atom stereocenters. The van der Waals surface area contributed by atoms with Crippen molar-refractivity contribution >= 4 is 17.7 Å². The van der Waals surface area contributed by atoms with Crippen LogP contribution >= 0.6 is 11.8 Å². The van der Waals surface area contributed by atoms with Gasteiger partial charge in [-0.25, -0.2) is 5.84 Å². The number of carbonyl (C=O) groups excluding carboxylic acids is 1.